The Labute approximate surface area is 110 Å². The Morgan fingerprint density at radius 1 is 1.37 bits per heavy atom. The third-order valence-electron chi connectivity index (χ3n) is 2.74. The quantitative estimate of drug-likeness (QED) is 0.770. The Bertz CT molecular complexity index is 507. The molecule has 0 fully saturated rings. The predicted octanol–water partition coefficient (Wildman–Crippen LogP) is 3.16. The van der Waals surface area contributed by atoms with E-state index in [0.29, 0.717) is 12.0 Å². The largest absolute Gasteiger partial charge is 0.466 e. The highest BCUT2D eigenvalue weighted by molar-refractivity contribution is 5.73. The number of alkyl halides is 2. The zero-order valence-electron chi connectivity index (χ0n) is 10.9. The van der Waals surface area contributed by atoms with Gasteiger partial charge in [0.05, 0.1) is 24.7 Å². The van der Waals surface area contributed by atoms with Crippen molar-refractivity contribution in [3.8, 4) is 6.07 Å². The minimum absolute atomic E-state index is 0.124. The van der Waals surface area contributed by atoms with Gasteiger partial charge in [-0.3, -0.25) is 4.79 Å². The summed E-state index contributed by atoms with van der Waals surface area (Å²) in [5.41, 5.74) is 0.836. The summed E-state index contributed by atoms with van der Waals surface area (Å²) in [6.45, 7) is 3.62. The van der Waals surface area contributed by atoms with Crippen molar-refractivity contribution in [1.29, 1.82) is 5.26 Å². The number of benzene rings is 1. The molecule has 3 nitrogen and oxygen atoms in total. The van der Waals surface area contributed by atoms with Crippen LogP contribution < -0.4 is 0 Å². The van der Waals surface area contributed by atoms with Crippen LogP contribution in [0.4, 0.5) is 8.78 Å². The molecule has 0 aliphatic rings. The molecule has 1 aromatic carbocycles. The third kappa shape index (κ3) is 3.75. The first-order valence-corrected chi connectivity index (χ1v) is 6.03. The zero-order chi connectivity index (χ0) is 14.4. The van der Waals surface area contributed by atoms with Gasteiger partial charge in [-0.25, -0.2) is 8.78 Å². The Balaban J connectivity index is 3.19. The Morgan fingerprint density at radius 2 is 2.05 bits per heavy atom. The Kier molecular flexibility index (Phi) is 5.43. The van der Waals surface area contributed by atoms with Crippen LogP contribution in [0.1, 0.15) is 42.5 Å². The summed E-state index contributed by atoms with van der Waals surface area (Å²) in [6, 6.07) is 4.59. The number of carbonyl (C=O) groups excluding carboxylic acids is 1. The molecule has 1 rings (SSSR count). The number of nitriles is 1. The smallest absolute Gasteiger partial charge is 0.310 e. The van der Waals surface area contributed by atoms with Crippen LogP contribution in [0, 0.1) is 11.3 Å². The summed E-state index contributed by atoms with van der Waals surface area (Å²) >= 11 is 0. The van der Waals surface area contributed by atoms with E-state index in [0.717, 1.165) is 0 Å². The van der Waals surface area contributed by atoms with E-state index in [9.17, 15) is 13.6 Å². The van der Waals surface area contributed by atoms with Crippen molar-refractivity contribution >= 4 is 5.97 Å². The Morgan fingerprint density at radius 3 is 2.53 bits per heavy atom. The molecule has 0 heterocycles. The van der Waals surface area contributed by atoms with E-state index in [-0.39, 0.29) is 29.7 Å². The van der Waals surface area contributed by atoms with Crippen molar-refractivity contribution in [3.63, 3.8) is 0 Å². The van der Waals surface area contributed by atoms with Gasteiger partial charge in [-0.2, -0.15) is 5.26 Å². The number of aryl methyl sites for hydroxylation is 1. The number of carbonyl (C=O) groups is 1. The van der Waals surface area contributed by atoms with Crippen LogP contribution >= 0.6 is 0 Å². The standard InChI is InChI=1S/C14H15F2NO2/c1-3-9-5-11(8-17)10(6-12(9)14(15)16)7-13(18)19-4-2/h5-6,14H,3-4,7H2,1-2H3. The highest BCUT2D eigenvalue weighted by Gasteiger charge is 2.17. The topological polar surface area (TPSA) is 50.1 Å². The molecule has 0 aliphatic carbocycles. The summed E-state index contributed by atoms with van der Waals surface area (Å²) in [4.78, 5) is 11.4. The molecule has 0 spiro atoms. The van der Waals surface area contributed by atoms with Crippen LogP contribution in [0.5, 0.6) is 0 Å². The maximum atomic E-state index is 12.9. The molecule has 0 saturated carbocycles. The first-order valence-electron chi connectivity index (χ1n) is 6.03. The summed E-state index contributed by atoms with van der Waals surface area (Å²) in [6.07, 6.45) is -2.38. The normalized spacial score (nSPS) is 10.3. The van der Waals surface area contributed by atoms with Crippen LogP contribution in [0.25, 0.3) is 0 Å². The molecular weight excluding hydrogens is 252 g/mol. The van der Waals surface area contributed by atoms with Crippen molar-refractivity contribution in [2.45, 2.75) is 33.1 Å². The molecule has 1 aromatic rings. The van der Waals surface area contributed by atoms with Gasteiger partial charge in [0.15, 0.2) is 0 Å². The maximum Gasteiger partial charge on any atom is 0.310 e. The lowest BCUT2D eigenvalue weighted by atomic mass is 9.96. The number of esters is 1. The van der Waals surface area contributed by atoms with Gasteiger partial charge < -0.3 is 4.74 Å². The average molecular weight is 267 g/mol. The minimum atomic E-state index is -2.62. The van der Waals surface area contributed by atoms with Crippen LogP contribution in [0.2, 0.25) is 0 Å². The minimum Gasteiger partial charge on any atom is -0.466 e. The van der Waals surface area contributed by atoms with Gasteiger partial charge >= 0.3 is 5.97 Å². The third-order valence-corrected chi connectivity index (χ3v) is 2.74. The molecule has 102 valence electrons. The number of halogens is 2. The van der Waals surface area contributed by atoms with E-state index in [1.54, 1.807) is 13.8 Å². The van der Waals surface area contributed by atoms with Crippen molar-refractivity contribution < 1.29 is 18.3 Å². The summed E-state index contributed by atoms with van der Waals surface area (Å²) < 4.78 is 30.6. The molecule has 0 bridgehead atoms. The van der Waals surface area contributed by atoms with Crippen molar-refractivity contribution in [2.75, 3.05) is 6.61 Å². The molecule has 5 heteroatoms. The molecule has 0 unspecified atom stereocenters. The van der Waals surface area contributed by atoms with Crippen molar-refractivity contribution in [1.82, 2.24) is 0 Å². The fourth-order valence-corrected chi connectivity index (χ4v) is 1.84. The lowest BCUT2D eigenvalue weighted by Gasteiger charge is -2.11. The van der Waals surface area contributed by atoms with Crippen LogP contribution in [0.15, 0.2) is 12.1 Å². The highest BCUT2D eigenvalue weighted by Crippen LogP contribution is 2.27. The van der Waals surface area contributed by atoms with E-state index in [2.05, 4.69) is 0 Å². The van der Waals surface area contributed by atoms with Gasteiger partial charge in [0.25, 0.3) is 6.43 Å². The lowest BCUT2D eigenvalue weighted by Crippen LogP contribution is -2.10. The highest BCUT2D eigenvalue weighted by atomic mass is 19.3. The monoisotopic (exact) mass is 267 g/mol. The molecule has 0 aliphatic heterocycles. The van der Waals surface area contributed by atoms with E-state index in [1.165, 1.54) is 12.1 Å². The average Bonchev–Trinajstić information content (AvgIpc) is 2.38. The fraction of sp³-hybridized carbons (Fsp3) is 0.429. The van der Waals surface area contributed by atoms with Crippen LogP contribution in [0.3, 0.4) is 0 Å². The van der Waals surface area contributed by atoms with Crippen molar-refractivity contribution in [3.05, 3.63) is 34.4 Å². The van der Waals surface area contributed by atoms with Gasteiger partial charge in [-0.15, -0.1) is 0 Å². The summed E-state index contributed by atoms with van der Waals surface area (Å²) in [5.74, 6) is -0.525. The fourth-order valence-electron chi connectivity index (χ4n) is 1.84. The zero-order valence-corrected chi connectivity index (χ0v) is 10.9. The number of hydrogen-bond acceptors (Lipinski definition) is 3. The molecular formula is C14H15F2NO2. The van der Waals surface area contributed by atoms with Crippen LogP contribution in [-0.2, 0) is 22.4 Å². The van der Waals surface area contributed by atoms with E-state index >= 15 is 0 Å². The van der Waals surface area contributed by atoms with Gasteiger partial charge in [0.2, 0.25) is 0 Å². The second-order valence-corrected chi connectivity index (χ2v) is 3.96. The van der Waals surface area contributed by atoms with Gasteiger partial charge in [0.1, 0.15) is 0 Å². The number of hydrogen-bond donors (Lipinski definition) is 0. The SMILES string of the molecule is CCOC(=O)Cc1cc(C(F)F)c(CC)cc1C#N. The van der Waals surface area contributed by atoms with Gasteiger partial charge in [-0.05, 0) is 36.6 Å². The molecule has 0 saturated heterocycles. The molecule has 0 aromatic heterocycles. The van der Waals surface area contributed by atoms with E-state index < -0.39 is 12.4 Å². The Hall–Kier alpha value is -1.96. The van der Waals surface area contributed by atoms with E-state index in [4.69, 9.17) is 10.00 Å². The first kappa shape index (κ1) is 15.1. The van der Waals surface area contributed by atoms with Crippen LogP contribution in [-0.4, -0.2) is 12.6 Å². The molecule has 0 amide bonds. The van der Waals surface area contributed by atoms with Gasteiger partial charge in [-0.1, -0.05) is 6.92 Å². The predicted molar refractivity (Wildman–Crippen MR) is 65.8 cm³/mol. The number of ether oxygens (including phenoxy) is 1. The van der Waals surface area contributed by atoms with Crippen molar-refractivity contribution in [2.24, 2.45) is 0 Å². The first-order chi connectivity index (χ1) is 9.03. The van der Waals surface area contributed by atoms with E-state index in [1.807, 2.05) is 6.07 Å². The lowest BCUT2D eigenvalue weighted by molar-refractivity contribution is -0.142. The second kappa shape index (κ2) is 6.83. The molecule has 19 heavy (non-hydrogen) atoms. The number of nitrogens with zero attached hydrogens (tertiary/aromatic N) is 1. The maximum absolute atomic E-state index is 12.9. The summed E-state index contributed by atoms with van der Waals surface area (Å²) in [7, 11) is 0. The summed E-state index contributed by atoms with van der Waals surface area (Å²) in [5, 5.41) is 9.02. The molecule has 0 atom stereocenters. The molecule has 0 N–H and O–H groups in total. The number of rotatable bonds is 5. The molecule has 0 radical (unpaired) electrons. The van der Waals surface area contributed by atoms with Gasteiger partial charge in [0, 0.05) is 5.56 Å². The second-order valence-electron chi connectivity index (χ2n) is 3.96.